The fourth-order valence-corrected chi connectivity index (χ4v) is 10.2. The molecule has 12 nitrogen and oxygen atoms in total. The van der Waals surface area contributed by atoms with E-state index in [2.05, 4.69) is 69.3 Å². The van der Waals surface area contributed by atoms with Gasteiger partial charge in [0.1, 0.15) is 12.1 Å². The highest BCUT2D eigenvalue weighted by atomic mass is 16.5. The van der Waals surface area contributed by atoms with Gasteiger partial charge >= 0.3 is 6.03 Å². The minimum atomic E-state index is -1.07. The van der Waals surface area contributed by atoms with E-state index in [9.17, 15) is 24.0 Å². The molecule has 2 heterocycles. The second-order valence-electron chi connectivity index (χ2n) is 19.5. The van der Waals surface area contributed by atoms with Crippen LogP contribution in [0.2, 0.25) is 0 Å². The van der Waals surface area contributed by atoms with Gasteiger partial charge in [-0.15, -0.1) is 0 Å². The first kappa shape index (κ1) is 39.5. The van der Waals surface area contributed by atoms with Crippen LogP contribution in [-0.2, 0) is 23.9 Å². The number of ketones is 1. The van der Waals surface area contributed by atoms with Crippen LogP contribution in [0.1, 0.15) is 121 Å². The number of urea groups is 1. The molecule has 5 N–H and O–H groups in total. The minimum absolute atomic E-state index is 0.0540. The molecular weight excluding hydrogens is 648 g/mol. The van der Waals surface area contributed by atoms with Gasteiger partial charge < -0.3 is 31.3 Å². The maximum Gasteiger partial charge on any atom is 0.315 e. The van der Waals surface area contributed by atoms with Crippen molar-refractivity contribution in [3.05, 3.63) is 0 Å². The fourth-order valence-electron chi connectivity index (χ4n) is 10.2. The molecule has 12 heteroatoms. The van der Waals surface area contributed by atoms with Crippen molar-refractivity contribution >= 4 is 29.5 Å². The molecule has 0 aromatic carbocycles. The summed E-state index contributed by atoms with van der Waals surface area (Å²) >= 11 is 0. The Balaban J connectivity index is 1.38. The van der Waals surface area contributed by atoms with Crippen molar-refractivity contribution in [1.29, 1.82) is 0 Å². The first-order valence-corrected chi connectivity index (χ1v) is 19.4. The van der Waals surface area contributed by atoms with Gasteiger partial charge in [0.2, 0.25) is 17.6 Å². The zero-order valence-electron chi connectivity index (χ0n) is 32.9. The number of fused-ring (bicyclic) bond motifs is 1. The van der Waals surface area contributed by atoms with Crippen LogP contribution in [-0.4, -0.2) is 102 Å². The fraction of sp³-hybridized carbons (Fsp3) is 0.872. The molecule has 2 aliphatic heterocycles. The second kappa shape index (κ2) is 13.9. The van der Waals surface area contributed by atoms with Gasteiger partial charge in [-0.3, -0.25) is 24.1 Å². The summed E-state index contributed by atoms with van der Waals surface area (Å²) in [4.78, 5) is 72.0. The van der Waals surface area contributed by atoms with Crippen LogP contribution in [0.5, 0.6) is 0 Å². The number of hydrogen-bond donors (Lipinski definition) is 4. The SMILES string of the molecule is C[C@H]1CN(C[C@@H](NC(=O)N[C@H](C(=O)N2C[C@]3(C[C@H]2C(=O)NC(CC2CCC2)C(=O)C(N)=O)C(C)(C)C32CCC2)C(C)(C)C)C(C)(C)C)C[C@H](C)O1. The minimum Gasteiger partial charge on any atom is -0.373 e. The zero-order chi connectivity index (χ0) is 37.9. The Bertz CT molecular complexity index is 1370. The van der Waals surface area contributed by atoms with Gasteiger partial charge in [0, 0.05) is 37.6 Å². The van der Waals surface area contributed by atoms with Crippen molar-refractivity contribution in [2.45, 2.75) is 157 Å². The lowest BCUT2D eigenvalue weighted by Crippen LogP contribution is -2.62. The second-order valence-corrected chi connectivity index (χ2v) is 19.5. The van der Waals surface area contributed by atoms with E-state index in [4.69, 9.17) is 10.5 Å². The number of hydrogen-bond acceptors (Lipinski definition) is 7. The normalized spacial score (nSPS) is 30.5. The summed E-state index contributed by atoms with van der Waals surface area (Å²) in [6.45, 7) is 23.3. The lowest BCUT2D eigenvalue weighted by atomic mass is 9.73. The smallest absolute Gasteiger partial charge is 0.315 e. The molecule has 288 valence electrons. The van der Waals surface area contributed by atoms with E-state index in [0.717, 1.165) is 51.6 Å². The Morgan fingerprint density at radius 2 is 1.47 bits per heavy atom. The molecule has 5 rings (SSSR count). The molecule has 5 fully saturated rings. The number of nitrogens with one attached hydrogen (secondary N) is 3. The van der Waals surface area contributed by atoms with Crippen molar-refractivity contribution in [2.24, 2.45) is 38.7 Å². The van der Waals surface area contributed by atoms with Crippen LogP contribution in [0, 0.1) is 33.0 Å². The number of carbonyl (C=O) groups excluding carboxylic acids is 5. The average molecular weight is 715 g/mol. The quantitative estimate of drug-likeness (QED) is 0.237. The maximum absolute atomic E-state index is 14.9. The van der Waals surface area contributed by atoms with Gasteiger partial charge in [0.05, 0.1) is 18.2 Å². The molecule has 5 aliphatic rings. The Morgan fingerprint density at radius 3 is 1.92 bits per heavy atom. The topological polar surface area (TPSA) is 163 Å². The van der Waals surface area contributed by atoms with Crippen molar-refractivity contribution in [3.8, 4) is 0 Å². The standard InChI is InChI=1S/C39H66N6O6/c1-23-19-44(20-24(2)51-23)21-28(35(3,4)5)42-34(50)43-30(36(6,7)8)33(49)45-22-39(37(9,10)38(39)15-12-16-38)18-27(45)32(48)41-26(29(46)31(40)47)17-25-13-11-14-25/h23-28,30H,11-22H2,1-10H3,(H2,40,47)(H,41,48)(H2,42,43,50)/t23-,24-,26?,27-,28+,30+,39+/m0/s1. The van der Waals surface area contributed by atoms with Crippen LogP contribution in [0.25, 0.3) is 0 Å². The van der Waals surface area contributed by atoms with Gasteiger partial charge in [-0.05, 0) is 67.1 Å². The summed E-state index contributed by atoms with van der Waals surface area (Å²) in [5, 5.41) is 9.14. The Labute approximate surface area is 305 Å². The highest BCUT2D eigenvalue weighted by Gasteiger charge is 2.85. The molecule has 0 aromatic heterocycles. The summed E-state index contributed by atoms with van der Waals surface area (Å²) < 4.78 is 5.93. The van der Waals surface area contributed by atoms with Gasteiger partial charge in [0.15, 0.2) is 0 Å². The third-order valence-corrected chi connectivity index (χ3v) is 13.7. The maximum atomic E-state index is 14.9. The Hall–Kier alpha value is -2.73. The number of likely N-dealkylation sites (tertiary alicyclic amines) is 1. The number of primary amides is 1. The highest BCUT2D eigenvalue weighted by molar-refractivity contribution is 6.37. The zero-order valence-corrected chi connectivity index (χ0v) is 32.9. The van der Waals surface area contributed by atoms with E-state index in [1.165, 1.54) is 0 Å². The first-order valence-electron chi connectivity index (χ1n) is 19.4. The van der Waals surface area contributed by atoms with E-state index in [1.807, 2.05) is 20.8 Å². The lowest BCUT2D eigenvalue weighted by Gasteiger charge is -2.41. The molecule has 2 saturated heterocycles. The van der Waals surface area contributed by atoms with E-state index >= 15 is 0 Å². The summed E-state index contributed by atoms with van der Waals surface area (Å²) in [5.74, 6) is -2.38. The van der Waals surface area contributed by atoms with E-state index in [1.54, 1.807) is 4.90 Å². The molecule has 0 bridgehead atoms. The highest BCUT2D eigenvalue weighted by Crippen LogP contribution is 2.88. The monoisotopic (exact) mass is 715 g/mol. The van der Waals surface area contributed by atoms with E-state index < -0.39 is 47.2 Å². The average Bonchev–Trinajstić information content (AvgIpc) is 3.18. The van der Waals surface area contributed by atoms with Crippen molar-refractivity contribution < 1.29 is 28.7 Å². The van der Waals surface area contributed by atoms with E-state index in [-0.39, 0.29) is 51.7 Å². The number of rotatable bonds is 11. The van der Waals surface area contributed by atoms with Crippen molar-refractivity contribution in [2.75, 3.05) is 26.2 Å². The van der Waals surface area contributed by atoms with Gasteiger partial charge in [-0.1, -0.05) is 81.1 Å². The molecule has 0 radical (unpaired) electrons. The molecule has 51 heavy (non-hydrogen) atoms. The molecule has 0 aromatic rings. The summed E-state index contributed by atoms with van der Waals surface area (Å²) in [7, 11) is 0. The van der Waals surface area contributed by atoms with Crippen molar-refractivity contribution in [1.82, 2.24) is 25.8 Å². The number of amides is 5. The van der Waals surface area contributed by atoms with Crippen LogP contribution in [0.15, 0.2) is 0 Å². The number of nitrogens with two attached hydrogens (primary N) is 1. The summed E-state index contributed by atoms with van der Waals surface area (Å²) in [5.41, 5.74) is 4.22. The number of morpholine rings is 1. The lowest BCUT2D eigenvalue weighted by molar-refractivity contribution is -0.143. The molecule has 7 atom stereocenters. The van der Waals surface area contributed by atoms with Crippen LogP contribution >= 0.6 is 0 Å². The van der Waals surface area contributed by atoms with Gasteiger partial charge in [0.25, 0.3) is 5.91 Å². The predicted molar refractivity (Wildman–Crippen MR) is 195 cm³/mol. The molecule has 3 aliphatic carbocycles. The number of carbonyl (C=O) groups is 5. The van der Waals surface area contributed by atoms with Gasteiger partial charge in [-0.2, -0.15) is 0 Å². The third kappa shape index (κ3) is 7.42. The van der Waals surface area contributed by atoms with Crippen LogP contribution in [0.4, 0.5) is 4.79 Å². The summed E-state index contributed by atoms with van der Waals surface area (Å²) in [6, 6.07) is -3.43. The largest absolute Gasteiger partial charge is 0.373 e. The van der Waals surface area contributed by atoms with E-state index in [0.29, 0.717) is 25.9 Å². The molecule has 5 amide bonds. The molecular formula is C39H66N6O6. The number of Topliss-reactive ketones (excluding diaryl/α,β-unsaturated/α-hetero) is 1. The number of nitrogens with zero attached hydrogens (tertiary/aromatic N) is 2. The Morgan fingerprint density at radius 1 is 0.863 bits per heavy atom. The molecule has 2 spiro atoms. The Kier molecular flexibility index (Phi) is 10.8. The van der Waals surface area contributed by atoms with Crippen LogP contribution < -0.4 is 21.7 Å². The predicted octanol–water partition coefficient (Wildman–Crippen LogP) is 3.75. The molecule has 1 unspecified atom stereocenters. The third-order valence-electron chi connectivity index (χ3n) is 13.7. The van der Waals surface area contributed by atoms with Crippen LogP contribution in [0.3, 0.4) is 0 Å². The first-order chi connectivity index (χ1) is 23.5. The molecule has 3 saturated carbocycles. The summed E-state index contributed by atoms with van der Waals surface area (Å²) in [6.07, 6.45) is 7.19. The van der Waals surface area contributed by atoms with Crippen molar-refractivity contribution in [3.63, 3.8) is 0 Å². The van der Waals surface area contributed by atoms with Gasteiger partial charge in [-0.25, -0.2) is 4.79 Å². The number of ether oxygens (including phenoxy) is 1.